The standard InChI is InChI=1S/C25H22F4N2O4/c1-24(2,33)13-34-17-6-4-16(5-7-17)31-12-20-18(23(31)32)9-10-30-22(20)19-8-3-15(26)11-21(19)35-14-25(27,28)29/h3-11,33H,12-14H2,1-2H3. The van der Waals surface area contributed by atoms with Gasteiger partial charge in [0.05, 0.1) is 17.8 Å². The first-order chi connectivity index (χ1) is 16.4. The number of hydrogen-bond acceptors (Lipinski definition) is 5. The van der Waals surface area contributed by atoms with Gasteiger partial charge in [-0.15, -0.1) is 0 Å². The van der Waals surface area contributed by atoms with Crippen molar-refractivity contribution in [3.8, 4) is 22.8 Å². The maximum absolute atomic E-state index is 13.8. The molecule has 0 unspecified atom stereocenters. The molecule has 2 aromatic carbocycles. The summed E-state index contributed by atoms with van der Waals surface area (Å²) in [6.45, 7) is 1.84. The Kier molecular flexibility index (Phi) is 6.42. The molecular formula is C25H22F4N2O4. The summed E-state index contributed by atoms with van der Waals surface area (Å²) in [4.78, 5) is 18.9. The number of hydrogen-bond donors (Lipinski definition) is 1. The van der Waals surface area contributed by atoms with Crippen LogP contribution in [0.1, 0.15) is 29.8 Å². The molecule has 0 saturated carbocycles. The number of rotatable bonds is 7. The molecule has 1 aliphatic heterocycles. The molecule has 1 N–H and O–H groups in total. The number of nitrogens with zero attached hydrogens (tertiary/aromatic N) is 2. The minimum Gasteiger partial charge on any atom is -0.491 e. The Bertz CT molecular complexity index is 1240. The number of pyridine rings is 1. The van der Waals surface area contributed by atoms with Gasteiger partial charge in [0.1, 0.15) is 23.9 Å². The highest BCUT2D eigenvalue weighted by atomic mass is 19.4. The third kappa shape index (κ3) is 5.71. The lowest BCUT2D eigenvalue weighted by Gasteiger charge is -2.19. The van der Waals surface area contributed by atoms with Gasteiger partial charge in [-0.25, -0.2) is 4.39 Å². The van der Waals surface area contributed by atoms with E-state index >= 15 is 0 Å². The lowest BCUT2D eigenvalue weighted by molar-refractivity contribution is -0.153. The molecule has 1 aliphatic rings. The maximum Gasteiger partial charge on any atom is 0.422 e. The number of aromatic nitrogens is 1. The molecule has 6 nitrogen and oxygen atoms in total. The van der Waals surface area contributed by atoms with E-state index in [4.69, 9.17) is 9.47 Å². The molecule has 0 fully saturated rings. The zero-order chi connectivity index (χ0) is 25.4. The first-order valence-corrected chi connectivity index (χ1v) is 10.7. The summed E-state index contributed by atoms with van der Waals surface area (Å²) < 4.78 is 62.3. The predicted molar refractivity (Wildman–Crippen MR) is 120 cm³/mol. The fourth-order valence-electron chi connectivity index (χ4n) is 3.62. The van der Waals surface area contributed by atoms with Crippen LogP contribution >= 0.6 is 0 Å². The van der Waals surface area contributed by atoms with E-state index in [9.17, 15) is 27.5 Å². The third-order valence-electron chi connectivity index (χ3n) is 5.18. The van der Waals surface area contributed by atoms with Crippen molar-refractivity contribution in [2.75, 3.05) is 18.1 Å². The smallest absolute Gasteiger partial charge is 0.422 e. The Morgan fingerprint density at radius 2 is 1.71 bits per heavy atom. The van der Waals surface area contributed by atoms with Crippen LogP contribution in [-0.4, -0.2) is 41.0 Å². The highest BCUT2D eigenvalue weighted by Gasteiger charge is 2.33. The average molecular weight is 490 g/mol. The number of alkyl halides is 3. The van der Waals surface area contributed by atoms with E-state index in [1.807, 2.05) is 0 Å². The normalized spacial score (nSPS) is 13.7. The summed E-state index contributed by atoms with van der Waals surface area (Å²) >= 11 is 0. The lowest BCUT2D eigenvalue weighted by atomic mass is 10.0. The summed E-state index contributed by atoms with van der Waals surface area (Å²) in [6, 6.07) is 11.5. The number of amides is 1. The largest absolute Gasteiger partial charge is 0.491 e. The van der Waals surface area contributed by atoms with Crippen molar-refractivity contribution in [3.63, 3.8) is 0 Å². The summed E-state index contributed by atoms with van der Waals surface area (Å²) in [5.74, 6) is -0.876. The molecule has 4 rings (SSSR count). The number of fused-ring (bicyclic) bond motifs is 1. The SMILES string of the molecule is CC(C)(O)COc1ccc(N2Cc3c(ccnc3-c3ccc(F)cc3OCC(F)(F)F)C2=O)cc1. The Morgan fingerprint density at radius 3 is 2.37 bits per heavy atom. The zero-order valence-electron chi connectivity index (χ0n) is 18.9. The fraction of sp³-hybridized carbons (Fsp3) is 0.280. The third-order valence-corrected chi connectivity index (χ3v) is 5.18. The number of carbonyl (C=O) groups excluding carboxylic acids is 1. The fourth-order valence-corrected chi connectivity index (χ4v) is 3.62. The van der Waals surface area contributed by atoms with Crippen LogP contribution in [0.5, 0.6) is 11.5 Å². The van der Waals surface area contributed by atoms with Crippen LogP contribution in [0.3, 0.4) is 0 Å². The molecular weight excluding hydrogens is 468 g/mol. The molecule has 0 aliphatic carbocycles. The molecule has 3 aromatic rings. The van der Waals surface area contributed by atoms with Crippen molar-refractivity contribution in [3.05, 3.63) is 71.7 Å². The van der Waals surface area contributed by atoms with Crippen molar-refractivity contribution >= 4 is 11.6 Å². The van der Waals surface area contributed by atoms with Crippen LogP contribution in [0, 0.1) is 5.82 Å². The Hall–Kier alpha value is -3.66. The number of ether oxygens (including phenoxy) is 2. The van der Waals surface area contributed by atoms with Gasteiger partial charge in [0.25, 0.3) is 5.91 Å². The monoisotopic (exact) mass is 490 g/mol. The van der Waals surface area contributed by atoms with Crippen LogP contribution in [0.2, 0.25) is 0 Å². The van der Waals surface area contributed by atoms with Gasteiger partial charge >= 0.3 is 6.18 Å². The maximum atomic E-state index is 13.8. The summed E-state index contributed by atoms with van der Waals surface area (Å²) in [6.07, 6.45) is -3.23. The Balaban J connectivity index is 1.62. The molecule has 1 aromatic heterocycles. The molecule has 0 radical (unpaired) electrons. The first kappa shape index (κ1) is 24.5. The molecule has 0 spiro atoms. The van der Waals surface area contributed by atoms with E-state index in [1.54, 1.807) is 38.1 Å². The number of benzene rings is 2. The summed E-state index contributed by atoms with van der Waals surface area (Å²) in [5, 5.41) is 9.80. The first-order valence-electron chi connectivity index (χ1n) is 10.7. The van der Waals surface area contributed by atoms with Crippen molar-refractivity contribution in [2.24, 2.45) is 0 Å². The average Bonchev–Trinajstić information content (AvgIpc) is 3.13. The van der Waals surface area contributed by atoms with Crippen molar-refractivity contribution < 1.29 is 36.9 Å². The number of aliphatic hydroxyl groups is 1. The van der Waals surface area contributed by atoms with Crippen LogP contribution in [-0.2, 0) is 6.54 Å². The second-order valence-electron chi connectivity index (χ2n) is 8.72. The minimum absolute atomic E-state index is 0.0892. The molecule has 0 saturated heterocycles. The van der Waals surface area contributed by atoms with Crippen molar-refractivity contribution in [2.45, 2.75) is 32.2 Å². The summed E-state index contributed by atoms with van der Waals surface area (Å²) in [5.41, 5.74) is 0.780. The topological polar surface area (TPSA) is 71.9 Å². The quantitative estimate of drug-likeness (QED) is 0.465. The molecule has 184 valence electrons. The van der Waals surface area contributed by atoms with Crippen molar-refractivity contribution in [1.29, 1.82) is 0 Å². The molecule has 0 atom stereocenters. The van der Waals surface area contributed by atoms with Crippen LogP contribution in [0.25, 0.3) is 11.3 Å². The molecule has 1 amide bonds. The van der Waals surface area contributed by atoms with E-state index in [0.29, 0.717) is 22.6 Å². The van der Waals surface area contributed by atoms with Crippen LogP contribution in [0.15, 0.2) is 54.7 Å². The summed E-state index contributed by atoms with van der Waals surface area (Å²) in [7, 11) is 0. The van der Waals surface area contributed by atoms with Crippen LogP contribution < -0.4 is 14.4 Å². The molecule has 0 bridgehead atoms. The van der Waals surface area contributed by atoms with Gasteiger partial charge < -0.3 is 19.5 Å². The number of carbonyl (C=O) groups is 1. The van der Waals surface area contributed by atoms with Gasteiger partial charge in [-0.1, -0.05) is 0 Å². The van der Waals surface area contributed by atoms with Gasteiger partial charge in [0.15, 0.2) is 6.61 Å². The lowest BCUT2D eigenvalue weighted by Crippen LogP contribution is -2.27. The van der Waals surface area contributed by atoms with E-state index in [-0.39, 0.29) is 36.1 Å². The Morgan fingerprint density at radius 1 is 1.00 bits per heavy atom. The van der Waals surface area contributed by atoms with E-state index < -0.39 is 24.2 Å². The number of anilines is 1. The van der Waals surface area contributed by atoms with Gasteiger partial charge in [0.2, 0.25) is 0 Å². The van der Waals surface area contributed by atoms with Gasteiger partial charge in [-0.05, 0) is 56.3 Å². The van der Waals surface area contributed by atoms with Crippen LogP contribution in [0.4, 0.5) is 23.2 Å². The molecule has 2 heterocycles. The zero-order valence-corrected chi connectivity index (χ0v) is 18.9. The molecule has 10 heteroatoms. The van der Waals surface area contributed by atoms with Gasteiger partial charge in [-0.3, -0.25) is 9.78 Å². The second-order valence-corrected chi connectivity index (χ2v) is 8.72. The molecule has 35 heavy (non-hydrogen) atoms. The van der Waals surface area contributed by atoms with E-state index in [0.717, 1.165) is 12.1 Å². The second kappa shape index (κ2) is 9.18. The minimum atomic E-state index is -4.61. The van der Waals surface area contributed by atoms with Gasteiger partial charge in [0, 0.05) is 34.6 Å². The van der Waals surface area contributed by atoms with Crippen molar-refractivity contribution in [1.82, 2.24) is 4.98 Å². The predicted octanol–water partition coefficient (Wildman–Crippen LogP) is 5.14. The highest BCUT2D eigenvalue weighted by molar-refractivity contribution is 6.11. The highest BCUT2D eigenvalue weighted by Crippen LogP contribution is 2.38. The van der Waals surface area contributed by atoms with E-state index in [1.165, 1.54) is 23.2 Å². The van der Waals surface area contributed by atoms with E-state index in [2.05, 4.69) is 4.98 Å². The van der Waals surface area contributed by atoms with Gasteiger partial charge in [-0.2, -0.15) is 13.2 Å². The Labute approximate surface area is 198 Å². The number of halogens is 4.